The number of aromatic nitrogens is 1. The standard InChI is InChI=1S/C12H14N4O5/c1-20-5-7-4-8(15-21-7)9(17)16-3-2-12(6-16)10(18)13-11(19)14-12/h4H,2-3,5-6H2,1H3,(H2,13,14,18,19). The maximum absolute atomic E-state index is 12.3. The quantitative estimate of drug-likeness (QED) is 0.709. The molecule has 3 heterocycles. The Hall–Kier alpha value is -2.42. The lowest BCUT2D eigenvalue weighted by Gasteiger charge is -2.20. The van der Waals surface area contributed by atoms with Gasteiger partial charge in [-0.05, 0) is 6.42 Å². The second kappa shape index (κ2) is 4.85. The molecule has 0 aliphatic carbocycles. The van der Waals surface area contributed by atoms with Gasteiger partial charge in [0.15, 0.2) is 11.5 Å². The Morgan fingerprint density at radius 3 is 3.05 bits per heavy atom. The molecule has 0 saturated carbocycles. The molecular formula is C12H14N4O5. The van der Waals surface area contributed by atoms with Crippen LogP contribution in [0.25, 0.3) is 0 Å². The fourth-order valence-electron chi connectivity index (χ4n) is 2.58. The molecule has 1 atom stereocenters. The van der Waals surface area contributed by atoms with E-state index in [4.69, 9.17) is 9.26 Å². The fraction of sp³-hybridized carbons (Fsp3) is 0.500. The van der Waals surface area contributed by atoms with Crippen LogP contribution in [0.1, 0.15) is 22.7 Å². The molecule has 2 aliphatic rings. The van der Waals surface area contributed by atoms with Gasteiger partial charge in [-0.2, -0.15) is 0 Å². The van der Waals surface area contributed by atoms with Crippen LogP contribution in [0.15, 0.2) is 10.6 Å². The summed E-state index contributed by atoms with van der Waals surface area (Å²) in [7, 11) is 1.51. The summed E-state index contributed by atoms with van der Waals surface area (Å²) in [5.74, 6) is -0.295. The van der Waals surface area contributed by atoms with Crippen molar-refractivity contribution in [2.24, 2.45) is 0 Å². The Labute approximate surface area is 119 Å². The third-order valence-corrected chi connectivity index (χ3v) is 3.64. The van der Waals surface area contributed by atoms with Gasteiger partial charge in [-0.25, -0.2) is 4.79 Å². The SMILES string of the molecule is COCc1cc(C(=O)N2CCC3(C2)NC(=O)NC3=O)no1. The van der Waals surface area contributed by atoms with Crippen molar-refractivity contribution in [1.29, 1.82) is 0 Å². The molecule has 2 saturated heterocycles. The van der Waals surface area contributed by atoms with E-state index in [0.717, 1.165) is 0 Å². The Kier molecular flexibility index (Phi) is 3.13. The van der Waals surface area contributed by atoms with Crippen LogP contribution in [0.5, 0.6) is 0 Å². The van der Waals surface area contributed by atoms with Gasteiger partial charge in [0, 0.05) is 19.7 Å². The third-order valence-electron chi connectivity index (χ3n) is 3.64. The van der Waals surface area contributed by atoms with Gasteiger partial charge in [0.1, 0.15) is 12.1 Å². The molecule has 2 fully saturated rings. The fourth-order valence-corrected chi connectivity index (χ4v) is 2.58. The number of methoxy groups -OCH3 is 1. The lowest BCUT2D eigenvalue weighted by atomic mass is 10.00. The summed E-state index contributed by atoms with van der Waals surface area (Å²) < 4.78 is 9.86. The zero-order valence-electron chi connectivity index (χ0n) is 11.3. The molecule has 2 N–H and O–H groups in total. The summed E-state index contributed by atoms with van der Waals surface area (Å²) in [6.07, 6.45) is 0.374. The number of nitrogens with zero attached hydrogens (tertiary/aromatic N) is 2. The van der Waals surface area contributed by atoms with Gasteiger partial charge in [0.25, 0.3) is 11.8 Å². The number of hydrogen-bond acceptors (Lipinski definition) is 6. The minimum absolute atomic E-state index is 0.121. The number of likely N-dealkylation sites (tertiary alicyclic amines) is 1. The van der Waals surface area contributed by atoms with E-state index in [9.17, 15) is 14.4 Å². The summed E-state index contributed by atoms with van der Waals surface area (Å²) >= 11 is 0. The number of rotatable bonds is 3. The summed E-state index contributed by atoms with van der Waals surface area (Å²) in [4.78, 5) is 36.9. The lowest BCUT2D eigenvalue weighted by molar-refractivity contribution is -0.123. The zero-order valence-corrected chi connectivity index (χ0v) is 11.3. The normalized spacial score (nSPS) is 24.5. The van der Waals surface area contributed by atoms with Crippen molar-refractivity contribution in [2.45, 2.75) is 18.6 Å². The molecule has 1 spiro atoms. The first-order valence-electron chi connectivity index (χ1n) is 6.41. The van der Waals surface area contributed by atoms with E-state index in [-0.39, 0.29) is 24.8 Å². The van der Waals surface area contributed by atoms with E-state index < -0.39 is 17.5 Å². The minimum atomic E-state index is -1.02. The van der Waals surface area contributed by atoms with E-state index in [1.807, 2.05) is 0 Å². The molecule has 1 aromatic heterocycles. The van der Waals surface area contributed by atoms with E-state index in [0.29, 0.717) is 18.7 Å². The minimum Gasteiger partial charge on any atom is -0.377 e. The van der Waals surface area contributed by atoms with Crippen LogP contribution in [0.2, 0.25) is 0 Å². The first-order chi connectivity index (χ1) is 10.0. The summed E-state index contributed by atoms with van der Waals surface area (Å²) in [6, 6.07) is 0.975. The average Bonchev–Trinajstić information content (AvgIpc) is 3.11. The van der Waals surface area contributed by atoms with Crippen molar-refractivity contribution in [3.05, 3.63) is 17.5 Å². The zero-order chi connectivity index (χ0) is 15.0. The number of nitrogens with one attached hydrogen (secondary N) is 2. The maximum atomic E-state index is 12.3. The number of hydrogen-bond donors (Lipinski definition) is 2. The van der Waals surface area contributed by atoms with Crippen LogP contribution >= 0.6 is 0 Å². The predicted octanol–water partition coefficient (Wildman–Crippen LogP) is -0.755. The molecule has 0 aromatic carbocycles. The predicted molar refractivity (Wildman–Crippen MR) is 67.1 cm³/mol. The van der Waals surface area contributed by atoms with Gasteiger partial charge in [0.2, 0.25) is 0 Å². The van der Waals surface area contributed by atoms with Crippen LogP contribution in [0, 0.1) is 0 Å². The van der Waals surface area contributed by atoms with Crippen molar-refractivity contribution in [3.63, 3.8) is 0 Å². The van der Waals surface area contributed by atoms with E-state index >= 15 is 0 Å². The molecule has 3 rings (SSSR count). The number of ether oxygens (including phenoxy) is 1. The Balaban J connectivity index is 1.72. The largest absolute Gasteiger partial charge is 0.377 e. The topological polar surface area (TPSA) is 114 Å². The van der Waals surface area contributed by atoms with E-state index in [1.54, 1.807) is 0 Å². The van der Waals surface area contributed by atoms with Crippen LogP contribution in [-0.2, 0) is 16.1 Å². The van der Waals surface area contributed by atoms with Crippen molar-refractivity contribution in [1.82, 2.24) is 20.7 Å². The molecule has 112 valence electrons. The number of amides is 4. The molecule has 0 radical (unpaired) electrons. The van der Waals surface area contributed by atoms with Crippen molar-refractivity contribution < 1.29 is 23.6 Å². The van der Waals surface area contributed by atoms with Crippen LogP contribution in [0.3, 0.4) is 0 Å². The van der Waals surface area contributed by atoms with E-state index in [2.05, 4.69) is 15.8 Å². The third kappa shape index (κ3) is 2.25. The average molecular weight is 294 g/mol. The van der Waals surface area contributed by atoms with Gasteiger partial charge in [-0.15, -0.1) is 0 Å². The monoisotopic (exact) mass is 294 g/mol. The molecular weight excluding hydrogens is 280 g/mol. The molecule has 9 heteroatoms. The van der Waals surface area contributed by atoms with Gasteiger partial charge in [-0.1, -0.05) is 5.16 Å². The lowest BCUT2D eigenvalue weighted by Crippen LogP contribution is -2.49. The molecule has 0 bridgehead atoms. The molecule has 4 amide bonds. The first-order valence-corrected chi connectivity index (χ1v) is 6.41. The van der Waals surface area contributed by atoms with Crippen molar-refractivity contribution in [3.8, 4) is 0 Å². The van der Waals surface area contributed by atoms with Crippen LogP contribution in [-0.4, -0.2) is 53.6 Å². The molecule has 2 aliphatic heterocycles. The van der Waals surface area contributed by atoms with E-state index in [1.165, 1.54) is 18.1 Å². The Morgan fingerprint density at radius 2 is 2.38 bits per heavy atom. The van der Waals surface area contributed by atoms with Gasteiger partial charge < -0.3 is 19.5 Å². The first kappa shape index (κ1) is 13.6. The highest BCUT2D eigenvalue weighted by Gasteiger charge is 2.51. The highest BCUT2D eigenvalue weighted by atomic mass is 16.5. The second-order valence-electron chi connectivity index (χ2n) is 5.08. The highest BCUT2D eigenvalue weighted by Crippen LogP contribution is 2.25. The van der Waals surface area contributed by atoms with Gasteiger partial charge >= 0.3 is 6.03 Å². The number of urea groups is 1. The number of carbonyl (C=O) groups is 3. The summed E-state index contributed by atoms with van der Waals surface area (Å²) in [6.45, 7) is 0.706. The molecule has 9 nitrogen and oxygen atoms in total. The number of carbonyl (C=O) groups excluding carboxylic acids is 3. The smallest absolute Gasteiger partial charge is 0.322 e. The Bertz CT molecular complexity index is 613. The summed E-state index contributed by atoms with van der Waals surface area (Å²) in [5.41, 5.74) is -0.866. The maximum Gasteiger partial charge on any atom is 0.322 e. The molecule has 1 unspecified atom stereocenters. The van der Waals surface area contributed by atoms with Crippen LogP contribution in [0.4, 0.5) is 4.79 Å². The highest BCUT2D eigenvalue weighted by molar-refractivity contribution is 6.08. The number of imide groups is 1. The van der Waals surface area contributed by atoms with Crippen molar-refractivity contribution >= 4 is 17.8 Å². The molecule has 1 aromatic rings. The van der Waals surface area contributed by atoms with Crippen molar-refractivity contribution in [2.75, 3.05) is 20.2 Å². The van der Waals surface area contributed by atoms with Gasteiger partial charge in [0.05, 0.1) is 6.54 Å². The Morgan fingerprint density at radius 1 is 1.57 bits per heavy atom. The summed E-state index contributed by atoms with van der Waals surface area (Å²) in [5, 5.41) is 8.47. The molecule has 21 heavy (non-hydrogen) atoms. The van der Waals surface area contributed by atoms with Gasteiger partial charge in [-0.3, -0.25) is 14.9 Å². The second-order valence-corrected chi connectivity index (χ2v) is 5.08. The van der Waals surface area contributed by atoms with Crippen LogP contribution < -0.4 is 10.6 Å².